The fourth-order valence-corrected chi connectivity index (χ4v) is 2.45. The number of nitrogens with one attached hydrogen (secondary N) is 3. The van der Waals surface area contributed by atoms with Crippen LogP contribution < -0.4 is 20.9 Å². The molecule has 0 saturated carbocycles. The number of hydrazine groups is 1. The average molecular weight is 366 g/mol. The van der Waals surface area contributed by atoms with Crippen molar-refractivity contribution in [1.29, 1.82) is 0 Å². The molecular formula is C18H18N6O3. The molecule has 0 bridgehead atoms. The molecular weight excluding hydrogens is 348 g/mol. The first-order valence-electron chi connectivity index (χ1n) is 8.08. The Hall–Kier alpha value is -3.88. The first kappa shape index (κ1) is 17.9. The molecule has 0 atom stereocenters. The topological polar surface area (TPSA) is 114 Å². The van der Waals surface area contributed by atoms with E-state index in [0.29, 0.717) is 11.4 Å². The third-order valence-corrected chi connectivity index (χ3v) is 3.69. The normalized spacial score (nSPS) is 10.1. The van der Waals surface area contributed by atoms with Crippen LogP contribution in [0.5, 0.6) is 5.75 Å². The van der Waals surface area contributed by atoms with Gasteiger partial charge in [-0.15, -0.1) is 0 Å². The van der Waals surface area contributed by atoms with Crippen LogP contribution in [0, 0.1) is 17.0 Å². The number of hydrogen-bond donors (Lipinski definition) is 3. The van der Waals surface area contributed by atoms with Crippen LogP contribution in [-0.2, 0) is 0 Å². The fraction of sp³-hybridized carbons (Fsp3) is 0.111. The molecule has 9 heteroatoms. The molecule has 3 rings (SSSR count). The molecule has 1 heterocycles. The molecule has 0 spiro atoms. The second-order valence-electron chi connectivity index (χ2n) is 5.53. The molecule has 0 unspecified atom stereocenters. The Morgan fingerprint density at radius 1 is 1.00 bits per heavy atom. The summed E-state index contributed by atoms with van der Waals surface area (Å²) in [6, 6.07) is 16.5. The van der Waals surface area contributed by atoms with Gasteiger partial charge in [0.2, 0.25) is 11.8 Å². The Morgan fingerprint density at radius 3 is 2.41 bits per heavy atom. The monoisotopic (exact) mass is 366 g/mol. The van der Waals surface area contributed by atoms with Gasteiger partial charge >= 0.3 is 5.69 Å². The summed E-state index contributed by atoms with van der Waals surface area (Å²) in [5, 5.41) is 14.5. The molecule has 0 aliphatic carbocycles. The minimum Gasteiger partial charge on any atom is -0.495 e. The van der Waals surface area contributed by atoms with Crippen molar-refractivity contribution < 1.29 is 9.66 Å². The van der Waals surface area contributed by atoms with Crippen LogP contribution in [0.2, 0.25) is 0 Å². The summed E-state index contributed by atoms with van der Waals surface area (Å²) in [6.45, 7) is 1.56. The Balaban J connectivity index is 1.92. The molecule has 3 aromatic rings. The number of aromatic nitrogens is 2. The van der Waals surface area contributed by atoms with E-state index in [0.717, 1.165) is 5.69 Å². The summed E-state index contributed by atoms with van der Waals surface area (Å²) < 4.78 is 5.28. The highest BCUT2D eigenvalue weighted by atomic mass is 16.6. The lowest BCUT2D eigenvalue weighted by molar-refractivity contribution is -0.385. The van der Waals surface area contributed by atoms with Crippen molar-refractivity contribution in [2.45, 2.75) is 6.92 Å². The SMILES string of the molecule is COc1ccccc1Nc1nc(NNc2ccccc2)nc(C)c1[N+](=O)[O-]. The summed E-state index contributed by atoms with van der Waals surface area (Å²) in [5.41, 5.74) is 7.19. The summed E-state index contributed by atoms with van der Waals surface area (Å²) >= 11 is 0. The number of anilines is 4. The molecule has 9 nitrogen and oxygen atoms in total. The number of para-hydroxylation sites is 3. The van der Waals surface area contributed by atoms with Gasteiger partial charge in [0.25, 0.3) is 0 Å². The van der Waals surface area contributed by atoms with Gasteiger partial charge in [0.1, 0.15) is 11.4 Å². The van der Waals surface area contributed by atoms with Gasteiger partial charge in [-0.3, -0.25) is 21.0 Å². The van der Waals surface area contributed by atoms with E-state index in [-0.39, 0.29) is 23.1 Å². The molecule has 3 N–H and O–H groups in total. The third kappa shape index (κ3) is 4.21. The largest absolute Gasteiger partial charge is 0.495 e. The van der Waals surface area contributed by atoms with E-state index in [4.69, 9.17) is 4.74 Å². The number of nitrogens with zero attached hydrogens (tertiary/aromatic N) is 3. The molecule has 0 aliphatic heterocycles. The van der Waals surface area contributed by atoms with E-state index in [9.17, 15) is 10.1 Å². The summed E-state index contributed by atoms with van der Waals surface area (Å²) in [5.74, 6) is 0.800. The van der Waals surface area contributed by atoms with Crippen LogP contribution in [0.1, 0.15) is 5.69 Å². The lowest BCUT2D eigenvalue weighted by Crippen LogP contribution is -2.14. The van der Waals surface area contributed by atoms with E-state index in [1.807, 2.05) is 30.3 Å². The van der Waals surface area contributed by atoms with Gasteiger partial charge in [0.15, 0.2) is 0 Å². The standard InChI is InChI=1S/C18H18N6O3/c1-12-16(24(25)26)17(20-14-10-6-7-11-15(14)27-2)21-18(19-12)23-22-13-8-4-3-5-9-13/h3-11,22H,1-2H3,(H2,19,20,21,23). The number of rotatable bonds is 7. The number of nitro groups is 1. The van der Waals surface area contributed by atoms with Crippen molar-refractivity contribution in [3.63, 3.8) is 0 Å². The van der Waals surface area contributed by atoms with Crippen molar-refractivity contribution in [1.82, 2.24) is 9.97 Å². The molecule has 27 heavy (non-hydrogen) atoms. The molecule has 2 aromatic carbocycles. The lowest BCUT2D eigenvalue weighted by atomic mass is 10.2. The Kier molecular flexibility index (Phi) is 5.31. The van der Waals surface area contributed by atoms with Crippen molar-refractivity contribution in [2.24, 2.45) is 0 Å². The highest BCUT2D eigenvalue weighted by Crippen LogP contribution is 2.32. The highest BCUT2D eigenvalue weighted by Gasteiger charge is 2.23. The van der Waals surface area contributed by atoms with Gasteiger partial charge in [-0.2, -0.15) is 4.98 Å². The fourth-order valence-electron chi connectivity index (χ4n) is 2.45. The van der Waals surface area contributed by atoms with E-state index < -0.39 is 4.92 Å². The average Bonchev–Trinajstić information content (AvgIpc) is 2.67. The van der Waals surface area contributed by atoms with Crippen molar-refractivity contribution in [3.8, 4) is 5.75 Å². The molecule has 0 radical (unpaired) electrons. The zero-order valence-corrected chi connectivity index (χ0v) is 14.8. The van der Waals surface area contributed by atoms with E-state index >= 15 is 0 Å². The quantitative estimate of drug-likeness (QED) is 0.426. The smallest absolute Gasteiger partial charge is 0.332 e. The summed E-state index contributed by atoms with van der Waals surface area (Å²) in [6.07, 6.45) is 0. The summed E-state index contributed by atoms with van der Waals surface area (Å²) in [7, 11) is 1.52. The molecule has 0 aliphatic rings. The van der Waals surface area contributed by atoms with Gasteiger partial charge in [-0.25, -0.2) is 4.98 Å². The number of ether oxygens (including phenoxy) is 1. The van der Waals surface area contributed by atoms with E-state index in [1.165, 1.54) is 7.11 Å². The second-order valence-corrected chi connectivity index (χ2v) is 5.53. The van der Waals surface area contributed by atoms with Crippen molar-refractivity contribution in [2.75, 3.05) is 23.3 Å². The highest BCUT2D eigenvalue weighted by molar-refractivity contribution is 5.72. The molecule has 138 valence electrons. The Morgan fingerprint density at radius 2 is 1.70 bits per heavy atom. The minimum atomic E-state index is -0.512. The number of aryl methyl sites for hydroxylation is 1. The van der Waals surface area contributed by atoms with Crippen LogP contribution in [0.4, 0.5) is 28.8 Å². The van der Waals surface area contributed by atoms with Crippen LogP contribution in [0.15, 0.2) is 54.6 Å². The maximum Gasteiger partial charge on any atom is 0.332 e. The van der Waals surface area contributed by atoms with Crippen molar-refractivity contribution >= 4 is 28.8 Å². The van der Waals surface area contributed by atoms with Crippen LogP contribution in [-0.4, -0.2) is 22.0 Å². The Labute approximate surface area is 155 Å². The number of hydrogen-bond acceptors (Lipinski definition) is 8. The van der Waals surface area contributed by atoms with Crippen LogP contribution >= 0.6 is 0 Å². The maximum atomic E-state index is 11.5. The first-order chi connectivity index (χ1) is 13.1. The van der Waals surface area contributed by atoms with Gasteiger partial charge < -0.3 is 10.1 Å². The van der Waals surface area contributed by atoms with Crippen LogP contribution in [0.3, 0.4) is 0 Å². The predicted octanol–water partition coefficient (Wildman–Crippen LogP) is 3.88. The summed E-state index contributed by atoms with van der Waals surface area (Å²) in [4.78, 5) is 19.4. The maximum absolute atomic E-state index is 11.5. The van der Waals surface area contributed by atoms with E-state index in [1.54, 1.807) is 31.2 Å². The number of methoxy groups -OCH3 is 1. The first-order valence-corrected chi connectivity index (χ1v) is 8.08. The van der Waals surface area contributed by atoms with Crippen LogP contribution in [0.25, 0.3) is 0 Å². The molecule has 0 amide bonds. The number of benzene rings is 2. The second kappa shape index (κ2) is 8.00. The zero-order chi connectivity index (χ0) is 19.2. The Bertz CT molecular complexity index is 949. The molecule has 0 fully saturated rings. The third-order valence-electron chi connectivity index (χ3n) is 3.69. The van der Waals surface area contributed by atoms with E-state index in [2.05, 4.69) is 26.1 Å². The zero-order valence-electron chi connectivity index (χ0n) is 14.8. The predicted molar refractivity (Wildman–Crippen MR) is 103 cm³/mol. The minimum absolute atomic E-state index is 0.0642. The van der Waals surface area contributed by atoms with Gasteiger partial charge in [0.05, 0.1) is 23.4 Å². The lowest BCUT2D eigenvalue weighted by Gasteiger charge is -2.13. The molecule has 1 aromatic heterocycles. The van der Waals surface area contributed by atoms with Gasteiger partial charge in [-0.1, -0.05) is 30.3 Å². The van der Waals surface area contributed by atoms with Gasteiger partial charge in [0, 0.05) is 0 Å². The molecule has 0 saturated heterocycles. The van der Waals surface area contributed by atoms with Gasteiger partial charge in [-0.05, 0) is 31.2 Å². The van der Waals surface area contributed by atoms with Crippen molar-refractivity contribution in [3.05, 3.63) is 70.4 Å².